The van der Waals surface area contributed by atoms with Crippen molar-refractivity contribution in [3.05, 3.63) is 0 Å². The van der Waals surface area contributed by atoms with Crippen molar-refractivity contribution in [1.29, 1.82) is 0 Å². The number of alkyl halides is 1. The maximum atomic E-state index is 9.32. The third-order valence-corrected chi connectivity index (χ3v) is 1.66. The Morgan fingerprint density at radius 3 is 1.46 bits per heavy atom. The average Bonchev–Trinajstić information content (AvgIpc) is 2.14. The number of carboxylic acids is 1. The standard InChI is InChI=1S/C6H14O2.C2H3BrO2/c7-5-3-1-2-4-6-8;3-1-2(4)5/h7-8H,1-6H2;1H2,(H,4,5). The molecule has 0 heterocycles. The van der Waals surface area contributed by atoms with Gasteiger partial charge in [0.15, 0.2) is 0 Å². The Bertz CT molecular complexity index is 102. The fraction of sp³-hybridized carbons (Fsp3) is 0.875. The molecule has 0 aromatic heterocycles. The highest BCUT2D eigenvalue weighted by Crippen LogP contribution is 1.96. The Hall–Kier alpha value is -0.130. The van der Waals surface area contributed by atoms with Crippen LogP contribution < -0.4 is 0 Å². The molecule has 0 spiro atoms. The van der Waals surface area contributed by atoms with E-state index in [0.29, 0.717) is 0 Å². The van der Waals surface area contributed by atoms with Crippen LogP contribution in [0.4, 0.5) is 0 Å². The van der Waals surface area contributed by atoms with E-state index in [1.807, 2.05) is 0 Å². The summed E-state index contributed by atoms with van der Waals surface area (Å²) in [6.45, 7) is 0.566. The Balaban J connectivity index is 0. The third-order valence-electron chi connectivity index (χ3n) is 1.18. The molecule has 80 valence electrons. The van der Waals surface area contributed by atoms with Crippen molar-refractivity contribution in [3.8, 4) is 0 Å². The summed E-state index contributed by atoms with van der Waals surface area (Å²) >= 11 is 2.71. The van der Waals surface area contributed by atoms with Gasteiger partial charge in [-0.15, -0.1) is 0 Å². The van der Waals surface area contributed by atoms with Gasteiger partial charge in [-0.2, -0.15) is 0 Å². The van der Waals surface area contributed by atoms with E-state index >= 15 is 0 Å². The fourth-order valence-corrected chi connectivity index (χ4v) is 0.577. The van der Waals surface area contributed by atoms with Crippen molar-refractivity contribution in [2.45, 2.75) is 25.7 Å². The molecule has 5 heteroatoms. The monoisotopic (exact) mass is 256 g/mol. The second kappa shape index (κ2) is 14.4. The number of rotatable bonds is 6. The summed E-state index contributed by atoms with van der Waals surface area (Å²) in [5, 5.41) is 24.3. The van der Waals surface area contributed by atoms with E-state index in [4.69, 9.17) is 15.3 Å². The number of aliphatic carboxylic acids is 1. The molecular weight excluding hydrogens is 240 g/mol. The Kier molecular flexibility index (Phi) is 17.0. The molecule has 13 heavy (non-hydrogen) atoms. The highest BCUT2D eigenvalue weighted by atomic mass is 79.9. The number of unbranched alkanes of at least 4 members (excludes halogenated alkanes) is 3. The molecule has 0 bridgehead atoms. The molecule has 0 atom stereocenters. The highest BCUT2D eigenvalue weighted by Gasteiger charge is 1.84. The molecule has 0 amide bonds. The molecule has 0 unspecified atom stereocenters. The lowest BCUT2D eigenvalue weighted by Crippen LogP contribution is -1.92. The van der Waals surface area contributed by atoms with Crippen molar-refractivity contribution in [2.24, 2.45) is 0 Å². The number of hydrogen-bond donors (Lipinski definition) is 3. The molecule has 0 aromatic carbocycles. The van der Waals surface area contributed by atoms with E-state index in [0.717, 1.165) is 25.7 Å². The van der Waals surface area contributed by atoms with Crippen LogP contribution in [0.2, 0.25) is 0 Å². The maximum Gasteiger partial charge on any atom is 0.314 e. The van der Waals surface area contributed by atoms with Crippen molar-refractivity contribution in [2.75, 3.05) is 18.5 Å². The van der Waals surface area contributed by atoms with E-state index in [9.17, 15) is 4.79 Å². The summed E-state index contributed by atoms with van der Waals surface area (Å²) in [5.74, 6) is -0.829. The van der Waals surface area contributed by atoms with Crippen molar-refractivity contribution in [1.82, 2.24) is 0 Å². The molecule has 0 aliphatic heterocycles. The molecule has 3 N–H and O–H groups in total. The van der Waals surface area contributed by atoms with Gasteiger partial charge in [0.2, 0.25) is 0 Å². The van der Waals surface area contributed by atoms with Gasteiger partial charge in [0, 0.05) is 13.2 Å². The van der Waals surface area contributed by atoms with Crippen LogP contribution in [0.3, 0.4) is 0 Å². The first kappa shape index (κ1) is 15.3. The lowest BCUT2D eigenvalue weighted by Gasteiger charge is -1.93. The van der Waals surface area contributed by atoms with Gasteiger partial charge in [-0.1, -0.05) is 28.8 Å². The quantitative estimate of drug-likeness (QED) is 0.490. The molecule has 0 saturated carbocycles. The van der Waals surface area contributed by atoms with E-state index < -0.39 is 5.97 Å². The SMILES string of the molecule is O=C(O)CBr.OCCCCCCO. The van der Waals surface area contributed by atoms with E-state index in [1.165, 1.54) is 0 Å². The van der Waals surface area contributed by atoms with E-state index in [-0.39, 0.29) is 18.5 Å². The lowest BCUT2D eigenvalue weighted by molar-refractivity contribution is -0.133. The van der Waals surface area contributed by atoms with Crippen molar-refractivity contribution >= 4 is 21.9 Å². The Labute approximate surface area is 86.7 Å². The molecule has 0 radical (unpaired) electrons. The largest absolute Gasteiger partial charge is 0.481 e. The third kappa shape index (κ3) is 24.5. The van der Waals surface area contributed by atoms with Crippen LogP contribution in [-0.4, -0.2) is 39.8 Å². The Morgan fingerprint density at radius 1 is 1.00 bits per heavy atom. The Morgan fingerprint density at radius 2 is 1.31 bits per heavy atom. The summed E-state index contributed by atoms with van der Waals surface area (Å²) in [7, 11) is 0. The highest BCUT2D eigenvalue weighted by molar-refractivity contribution is 9.09. The van der Waals surface area contributed by atoms with Crippen molar-refractivity contribution in [3.63, 3.8) is 0 Å². The summed E-state index contributed by atoms with van der Waals surface area (Å²) < 4.78 is 0. The van der Waals surface area contributed by atoms with Crippen LogP contribution in [0.15, 0.2) is 0 Å². The summed E-state index contributed by atoms with van der Waals surface area (Å²) in [6, 6.07) is 0. The first-order valence-electron chi connectivity index (χ1n) is 4.18. The number of carbonyl (C=O) groups is 1. The van der Waals surface area contributed by atoms with Gasteiger partial charge in [0.25, 0.3) is 0 Å². The smallest absolute Gasteiger partial charge is 0.314 e. The first-order valence-corrected chi connectivity index (χ1v) is 5.30. The van der Waals surface area contributed by atoms with Gasteiger partial charge in [-0.05, 0) is 12.8 Å². The van der Waals surface area contributed by atoms with Crippen LogP contribution in [-0.2, 0) is 4.79 Å². The normalized spacial score (nSPS) is 8.85. The molecular formula is C8H17BrO4. The van der Waals surface area contributed by atoms with Crippen LogP contribution in [0.25, 0.3) is 0 Å². The predicted molar refractivity (Wildman–Crippen MR) is 54.1 cm³/mol. The summed E-state index contributed by atoms with van der Waals surface area (Å²) in [5.41, 5.74) is 0. The minimum atomic E-state index is -0.829. The van der Waals surface area contributed by atoms with Crippen LogP contribution in [0, 0.1) is 0 Å². The van der Waals surface area contributed by atoms with E-state index in [2.05, 4.69) is 15.9 Å². The molecule has 0 aliphatic carbocycles. The van der Waals surface area contributed by atoms with Gasteiger partial charge in [0.1, 0.15) is 5.33 Å². The first-order chi connectivity index (χ1) is 6.18. The zero-order valence-electron chi connectivity index (χ0n) is 7.58. The number of carboxylic acid groups (broad SMARTS) is 1. The molecule has 0 rings (SSSR count). The van der Waals surface area contributed by atoms with Gasteiger partial charge in [-0.3, -0.25) is 4.79 Å². The zero-order chi connectivity index (χ0) is 10.5. The molecule has 0 fully saturated rings. The lowest BCUT2D eigenvalue weighted by atomic mass is 10.2. The molecule has 0 saturated heterocycles. The number of aliphatic hydroxyl groups excluding tert-OH is 2. The number of aliphatic hydroxyl groups is 2. The minimum absolute atomic E-state index is 0.0347. The molecule has 0 aliphatic rings. The number of halogens is 1. The zero-order valence-corrected chi connectivity index (χ0v) is 9.16. The topological polar surface area (TPSA) is 77.8 Å². The maximum absolute atomic E-state index is 9.32. The number of hydrogen-bond acceptors (Lipinski definition) is 3. The van der Waals surface area contributed by atoms with Crippen LogP contribution >= 0.6 is 15.9 Å². The van der Waals surface area contributed by atoms with Gasteiger partial charge in [-0.25, -0.2) is 0 Å². The van der Waals surface area contributed by atoms with Crippen LogP contribution in [0.1, 0.15) is 25.7 Å². The predicted octanol–water partition coefficient (Wildman–Crippen LogP) is 0.997. The van der Waals surface area contributed by atoms with E-state index in [1.54, 1.807) is 0 Å². The van der Waals surface area contributed by atoms with Crippen LogP contribution in [0.5, 0.6) is 0 Å². The second-order valence-electron chi connectivity index (χ2n) is 2.39. The summed E-state index contributed by atoms with van der Waals surface area (Å²) in [6.07, 6.45) is 3.83. The minimum Gasteiger partial charge on any atom is -0.481 e. The average molecular weight is 257 g/mol. The van der Waals surface area contributed by atoms with Gasteiger partial charge in [0.05, 0.1) is 0 Å². The molecule has 4 nitrogen and oxygen atoms in total. The molecule has 0 aromatic rings. The summed E-state index contributed by atoms with van der Waals surface area (Å²) in [4.78, 5) is 9.32. The van der Waals surface area contributed by atoms with Gasteiger partial charge >= 0.3 is 5.97 Å². The second-order valence-corrected chi connectivity index (χ2v) is 2.95. The van der Waals surface area contributed by atoms with Crippen molar-refractivity contribution < 1.29 is 20.1 Å². The van der Waals surface area contributed by atoms with Gasteiger partial charge < -0.3 is 15.3 Å². The fourth-order valence-electron chi connectivity index (χ4n) is 0.577.